The molecule has 3 rings (SSSR count). The molecule has 1 N–H and O–H groups in total. The van der Waals surface area contributed by atoms with Crippen molar-refractivity contribution in [2.75, 3.05) is 6.54 Å². The van der Waals surface area contributed by atoms with Gasteiger partial charge >= 0.3 is 0 Å². The predicted octanol–water partition coefficient (Wildman–Crippen LogP) is 2.78. The van der Waals surface area contributed by atoms with Gasteiger partial charge in [0.05, 0.1) is 6.54 Å². The molecule has 1 fully saturated rings. The molecule has 1 aliphatic carbocycles. The normalized spacial score (nSPS) is 21.7. The second-order valence-corrected chi connectivity index (χ2v) is 5.42. The van der Waals surface area contributed by atoms with Crippen LogP contribution in [-0.4, -0.2) is 16.3 Å². The summed E-state index contributed by atoms with van der Waals surface area (Å²) in [5.41, 5.74) is 0. The summed E-state index contributed by atoms with van der Waals surface area (Å²) in [7, 11) is 0. The third-order valence-electron chi connectivity index (χ3n) is 3.76. The maximum Gasteiger partial charge on any atom is 0.117 e. The smallest absolute Gasteiger partial charge is 0.117 e. The number of aryl methyl sites for hydroxylation is 1. The van der Waals surface area contributed by atoms with Crippen molar-refractivity contribution in [3.05, 3.63) is 42.1 Å². The van der Waals surface area contributed by atoms with Crippen molar-refractivity contribution in [3.8, 4) is 0 Å². The first-order chi connectivity index (χ1) is 9.33. The molecule has 0 spiro atoms. The van der Waals surface area contributed by atoms with Crippen molar-refractivity contribution in [2.45, 2.75) is 38.8 Å². The summed E-state index contributed by atoms with van der Waals surface area (Å²) in [5.74, 6) is 3.70. The van der Waals surface area contributed by atoms with Crippen LogP contribution in [-0.2, 0) is 13.1 Å². The monoisotopic (exact) mass is 259 g/mol. The van der Waals surface area contributed by atoms with Gasteiger partial charge in [0, 0.05) is 24.9 Å². The number of furan rings is 1. The highest BCUT2D eigenvalue weighted by Gasteiger charge is 2.36. The predicted molar refractivity (Wildman–Crippen MR) is 73.8 cm³/mol. The van der Waals surface area contributed by atoms with Crippen LogP contribution in [0.4, 0.5) is 0 Å². The number of hydrogen-bond donors (Lipinski definition) is 1. The fraction of sp³-hybridized carbons (Fsp3) is 0.533. The Morgan fingerprint density at radius 1 is 1.47 bits per heavy atom. The molecule has 0 bridgehead atoms. The fourth-order valence-corrected chi connectivity index (χ4v) is 2.42. The molecule has 19 heavy (non-hydrogen) atoms. The molecule has 0 amide bonds. The van der Waals surface area contributed by atoms with Gasteiger partial charge < -0.3 is 9.73 Å². The molecule has 2 unspecified atom stereocenters. The summed E-state index contributed by atoms with van der Waals surface area (Å²) >= 11 is 0. The quantitative estimate of drug-likeness (QED) is 0.777. The fourth-order valence-electron chi connectivity index (χ4n) is 2.42. The zero-order chi connectivity index (χ0) is 13.1. The third-order valence-corrected chi connectivity index (χ3v) is 3.76. The zero-order valence-electron chi connectivity index (χ0n) is 11.4. The summed E-state index contributed by atoms with van der Waals surface area (Å²) in [6.07, 6.45) is 6.17. The van der Waals surface area contributed by atoms with Gasteiger partial charge in [-0.15, -0.1) is 0 Å². The van der Waals surface area contributed by atoms with Crippen molar-refractivity contribution in [3.63, 3.8) is 0 Å². The Morgan fingerprint density at radius 2 is 2.37 bits per heavy atom. The minimum Gasteiger partial charge on any atom is -0.464 e. The maximum atomic E-state index is 5.85. The van der Waals surface area contributed by atoms with Gasteiger partial charge in [-0.1, -0.05) is 6.92 Å². The number of nitrogens with zero attached hydrogens (tertiary/aromatic N) is 2. The number of hydrogen-bond acceptors (Lipinski definition) is 3. The van der Waals surface area contributed by atoms with E-state index in [0.29, 0.717) is 5.92 Å². The third kappa shape index (κ3) is 3.26. The first kappa shape index (κ1) is 12.5. The second-order valence-electron chi connectivity index (χ2n) is 5.42. The molecule has 2 aromatic rings. The molecule has 2 heterocycles. The first-order valence-electron chi connectivity index (χ1n) is 7.09. The van der Waals surface area contributed by atoms with Crippen LogP contribution in [0, 0.1) is 5.92 Å². The summed E-state index contributed by atoms with van der Waals surface area (Å²) in [6, 6.07) is 6.19. The van der Waals surface area contributed by atoms with Crippen LogP contribution in [0.1, 0.15) is 37.2 Å². The highest BCUT2D eigenvalue weighted by atomic mass is 16.3. The first-order valence-corrected chi connectivity index (χ1v) is 7.09. The summed E-state index contributed by atoms with van der Waals surface area (Å²) in [6.45, 7) is 5.04. The van der Waals surface area contributed by atoms with Crippen LogP contribution in [0.3, 0.4) is 0 Å². The van der Waals surface area contributed by atoms with E-state index in [1.807, 2.05) is 23.1 Å². The lowest BCUT2D eigenvalue weighted by molar-refractivity contribution is 0.439. The van der Waals surface area contributed by atoms with E-state index in [1.165, 1.54) is 12.2 Å². The molecule has 1 aliphatic rings. The summed E-state index contributed by atoms with van der Waals surface area (Å²) < 4.78 is 7.81. The van der Waals surface area contributed by atoms with Gasteiger partial charge in [-0.2, -0.15) is 5.10 Å². The van der Waals surface area contributed by atoms with E-state index in [0.717, 1.165) is 37.7 Å². The number of nitrogens with one attached hydrogen (secondary N) is 1. The molecule has 2 atom stereocenters. The molecular formula is C15H21N3O. The lowest BCUT2D eigenvalue weighted by Crippen LogP contribution is -2.16. The molecule has 2 aromatic heterocycles. The Kier molecular flexibility index (Phi) is 3.69. The van der Waals surface area contributed by atoms with Gasteiger partial charge in [0.25, 0.3) is 0 Å². The maximum absolute atomic E-state index is 5.85. The minimum atomic E-state index is 0.675. The van der Waals surface area contributed by atoms with Crippen molar-refractivity contribution >= 4 is 0 Å². The lowest BCUT2D eigenvalue weighted by atomic mass is 10.3. The SMILES string of the molecule is CC1CC1c1ccc(CNCCCn2cccn2)o1. The van der Waals surface area contributed by atoms with Gasteiger partial charge in [-0.3, -0.25) is 4.68 Å². The van der Waals surface area contributed by atoms with Crippen LogP contribution in [0.25, 0.3) is 0 Å². The van der Waals surface area contributed by atoms with Crippen LogP contribution < -0.4 is 5.32 Å². The minimum absolute atomic E-state index is 0.675. The second kappa shape index (κ2) is 5.61. The molecule has 0 aliphatic heterocycles. The zero-order valence-corrected chi connectivity index (χ0v) is 11.4. The number of aromatic nitrogens is 2. The average molecular weight is 259 g/mol. The van der Waals surface area contributed by atoms with Gasteiger partial charge in [-0.25, -0.2) is 0 Å². The molecule has 4 heteroatoms. The van der Waals surface area contributed by atoms with E-state index < -0.39 is 0 Å². The molecule has 102 valence electrons. The van der Waals surface area contributed by atoms with E-state index in [4.69, 9.17) is 4.42 Å². The number of rotatable bonds is 7. The molecule has 0 aromatic carbocycles. The Labute approximate surface area is 113 Å². The van der Waals surface area contributed by atoms with E-state index in [2.05, 4.69) is 29.5 Å². The standard InChI is InChI=1S/C15H21N3O/c1-12-10-14(12)15-5-4-13(19-15)11-16-6-2-8-18-9-3-7-17-18/h3-5,7,9,12,14,16H,2,6,8,10-11H2,1H3. The average Bonchev–Trinajstić information content (AvgIpc) is 2.88. The molecule has 0 radical (unpaired) electrons. The topological polar surface area (TPSA) is 43.0 Å². The summed E-state index contributed by atoms with van der Waals surface area (Å²) in [5, 5.41) is 7.59. The van der Waals surface area contributed by atoms with E-state index in [9.17, 15) is 0 Å². The van der Waals surface area contributed by atoms with E-state index >= 15 is 0 Å². The van der Waals surface area contributed by atoms with Gasteiger partial charge in [-0.05, 0) is 43.5 Å². The van der Waals surface area contributed by atoms with Crippen molar-refractivity contribution < 1.29 is 4.42 Å². The van der Waals surface area contributed by atoms with Crippen LogP contribution in [0.15, 0.2) is 35.0 Å². The Morgan fingerprint density at radius 3 is 3.11 bits per heavy atom. The molecule has 1 saturated carbocycles. The molecular weight excluding hydrogens is 238 g/mol. The highest BCUT2D eigenvalue weighted by molar-refractivity contribution is 5.17. The Hall–Kier alpha value is -1.55. The van der Waals surface area contributed by atoms with Crippen LogP contribution in [0.5, 0.6) is 0 Å². The van der Waals surface area contributed by atoms with Gasteiger partial charge in [0.2, 0.25) is 0 Å². The van der Waals surface area contributed by atoms with Gasteiger partial charge in [0.15, 0.2) is 0 Å². The van der Waals surface area contributed by atoms with Crippen LogP contribution in [0.2, 0.25) is 0 Å². The highest BCUT2D eigenvalue weighted by Crippen LogP contribution is 2.47. The van der Waals surface area contributed by atoms with Gasteiger partial charge in [0.1, 0.15) is 11.5 Å². The molecule has 0 saturated heterocycles. The van der Waals surface area contributed by atoms with Crippen molar-refractivity contribution in [2.24, 2.45) is 5.92 Å². The summed E-state index contributed by atoms with van der Waals surface area (Å²) in [4.78, 5) is 0. The van der Waals surface area contributed by atoms with Crippen molar-refractivity contribution in [1.82, 2.24) is 15.1 Å². The van der Waals surface area contributed by atoms with E-state index in [1.54, 1.807) is 0 Å². The Balaban J connectivity index is 1.34. The lowest BCUT2D eigenvalue weighted by Gasteiger charge is -2.03. The largest absolute Gasteiger partial charge is 0.464 e. The van der Waals surface area contributed by atoms with E-state index in [-0.39, 0.29) is 0 Å². The Bertz CT molecular complexity index is 503. The van der Waals surface area contributed by atoms with Crippen molar-refractivity contribution in [1.29, 1.82) is 0 Å². The molecule has 4 nitrogen and oxygen atoms in total. The van der Waals surface area contributed by atoms with Crippen LogP contribution >= 0.6 is 0 Å².